The highest BCUT2D eigenvalue weighted by Gasteiger charge is 2.05. The summed E-state index contributed by atoms with van der Waals surface area (Å²) in [6.45, 7) is 2.02. The number of nitrogens with two attached hydrogens (primary N) is 1. The van der Waals surface area contributed by atoms with Crippen molar-refractivity contribution in [3.63, 3.8) is 0 Å². The monoisotopic (exact) mass is 342 g/mol. The van der Waals surface area contributed by atoms with E-state index in [9.17, 15) is 4.39 Å². The molecule has 0 radical (unpaired) electrons. The zero-order valence-corrected chi connectivity index (χ0v) is 11.5. The van der Waals surface area contributed by atoms with Crippen LogP contribution in [0.15, 0.2) is 36.4 Å². The van der Waals surface area contributed by atoms with Crippen LogP contribution in [0.5, 0.6) is 0 Å². The van der Waals surface area contributed by atoms with E-state index >= 15 is 0 Å². The van der Waals surface area contributed by atoms with Crippen LogP contribution in [0, 0.1) is 16.3 Å². The van der Waals surface area contributed by atoms with Crippen molar-refractivity contribution in [2.24, 2.45) is 0 Å². The van der Waals surface area contributed by atoms with Crippen molar-refractivity contribution in [3.05, 3.63) is 51.3 Å². The molecule has 0 spiro atoms. The second kappa shape index (κ2) is 4.91. The molecule has 0 heterocycles. The summed E-state index contributed by atoms with van der Waals surface area (Å²) >= 11 is 1.92. The van der Waals surface area contributed by atoms with Gasteiger partial charge in [0.1, 0.15) is 5.82 Å². The largest absolute Gasteiger partial charge is 0.397 e. The van der Waals surface area contributed by atoms with Gasteiger partial charge in [0.2, 0.25) is 0 Å². The predicted octanol–water partition coefficient (Wildman–Crippen LogP) is 4.06. The van der Waals surface area contributed by atoms with Gasteiger partial charge >= 0.3 is 0 Å². The van der Waals surface area contributed by atoms with E-state index in [0.717, 1.165) is 5.69 Å². The van der Waals surface area contributed by atoms with Crippen LogP contribution < -0.4 is 11.1 Å². The second-order valence-electron chi connectivity index (χ2n) is 3.84. The lowest BCUT2D eigenvalue weighted by Gasteiger charge is -2.10. The Bertz CT molecular complexity index is 538. The standard InChI is InChI=1S/C13H12FIN2/c1-8-2-4-9(5-3-8)17-13-6-10(14)11(15)7-12(13)16/h2-7,17H,16H2,1H3. The molecule has 2 rings (SSSR count). The number of hydrogen-bond donors (Lipinski definition) is 2. The maximum Gasteiger partial charge on any atom is 0.138 e. The Morgan fingerprint density at radius 1 is 1.18 bits per heavy atom. The molecular formula is C13H12FIN2. The third kappa shape index (κ3) is 2.88. The molecule has 0 unspecified atom stereocenters. The van der Waals surface area contributed by atoms with Crippen LogP contribution in [-0.4, -0.2) is 0 Å². The Morgan fingerprint density at radius 2 is 1.82 bits per heavy atom. The second-order valence-corrected chi connectivity index (χ2v) is 5.01. The summed E-state index contributed by atoms with van der Waals surface area (Å²) in [7, 11) is 0. The van der Waals surface area contributed by atoms with Crippen LogP contribution >= 0.6 is 22.6 Å². The summed E-state index contributed by atoms with van der Waals surface area (Å²) in [5, 5.41) is 3.10. The molecule has 88 valence electrons. The number of benzene rings is 2. The highest BCUT2D eigenvalue weighted by Crippen LogP contribution is 2.27. The van der Waals surface area contributed by atoms with Crippen LogP contribution in [0.2, 0.25) is 0 Å². The van der Waals surface area contributed by atoms with Crippen LogP contribution in [0.1, 0.15) is 5.56 Å². The zero-order chi connectivity index (χ0) is 12.4. The van der Waals surface area contributed by atoms with Crippen LogP contribution in [0.4, 0.5) is 21.5 Å². The molecule has 0 saturated heterocycles. The molecule has 0 aliphatic rings. The third-order valence-corrected chi connectivity index (χ3v) is 3.25. The molecule has 0 aliphatic heterocycles. The van der Waals surface area contributed by atoms with Gasteiger partial charge in [-0.15, -0.1) is 0 Å². The van der Waals surface area contributed by atoms with Gasteiger partial charge in [-0.25, -0.2) is 4.39 Å². The normalized spacial score (nSPS) is 10.3. The maximum atomic E-state index is 13.4. The van der Waals surface area contributed by atoms with Crippen molar-refractivity contribution in [3.8, 4) is 0 Å². The average Bonchev–Trinajstić information content (AvgIpc) is 2.29. The van der Waals surface area contributed by atoms with E-state index in [0.29, 0.717) is 14.9 Å². The molecule has 4 heteroatoms. The lowest BCUT2D eigenvalue weighted by molar-refractivity contribution is 0.621. The molecule has 0 bridgehead atoms. The number of halogens is 2. The molecule has 3 N–H and O–H groups in total. The van der Waals surface area contributed by atoms with Gasteiger partial charge < -0.3 is 11.1 Å². The highest BCUT2D eigenvalue weighted by molar-refractivity contribution is 14.1. The quantitative estimate of drug-likeness (QED) is 0.638. The molecule has 0 amide bonds. The fourth-order valence-electron chi connectivity index (χ4n) is 1.46. The van der Waals surface area contributed by atoms with Gasteiger partial charge in [0.05, 0.1) is 14.9 Å². The fraction of sp³-hybridized carbons (Fsp3) is 0.0769. The summed E-state index contributed by atoms with van der Waals surface area (Å²) in [6, 6.07) is 10.9. The lowest BCUT2D eigenvalue weighted by Crippen LogP contribution is -1.98. The molecule has 2 aromatic carbocycles. The van der Waals surface area contributed by atoms with Crippen molar-refractivity contribution < 1.29 is 4.39 Å². The average molecular weight is 342 g/mol. The minimum absolute atomic E-state index is 0.269. The molecule has 0 saturated carbocycles. The van der Waals surface area contributed by atoms with E-state index in [2.05, 4.69) is 5.32 Å². The molecule has 17 heavy (non-hydrogen) atoms. The molecule has 0 atom stereocenters. The Kier molecular flexibility index (Phi) is 3.51. The molecular weight excluding hydrogens is 330 g/mol. The summed E-state index contributed by atoms with van der Waals surface area (Å²) < 4.78 is 13.9. The van der Waals surface area contributed by atoms with Gasteiger partial charge in [0.25, 0.3) is 0 Å². The van der Waals surface area contributed by atoms with E-state index < -0.39 is 0 Å². The third-order valence-electron chi connectivity index (χ3n) is 2.42. The first-order valence-corrected chi connectivity index (χ1v) is 6.22. The first-order chi connectivity index (χ1) is 8.06. The van der Waals surface area contributed by atoms with E-state index in [4.69, 9.17) is 5.73 Å². The summed E-state index contributed by atoms with van der Waals surface area (Å²) in [4.78, 5) is 0. The minimum Gasteiger partial charge on any atom is -0.397 e. The van der Waals surface area contributed by atoms with Crippen molar-refractivity contribution in [2.45, 2.75) is 6.92 Å². The Hall–Kier alpha value is -1.30. The fourth-order valence-corrected chi connectivity index (χ4v) is 1.95. The van der Waals surface area contributed by atoms with E-state index in [1.54, 1.807) is 6.07 Å². The number of hydrogen-bond acceptors (Lipinski definition) is 2. The number of nitrogens with one attached hydrogen (secondary N) is 1. The van der Waals surface area contributed by atoms with Crippen molar-refractivity contribution >= 4 is 39.7 Å². The van der Waals surface area contributed by atoms with E-state index in [1.807, 2.05) is 53.8 Å². The number of aryl methyl sites for hydroxylation is 1. The lowest BCUT2D eigenvalue weighted by atomic mass is 10.2. The molecule has 2 aromatic rings. The minimum atomic E-state index is -0.269. The number of rotatable bonds is 2. The van der Waals surface area contributed by atoms with E-state index in [-0.39, 0.29) is 5.82 Å². The summed E-state index contributed by atoms with van der Waals surface area (Å²) in [5.41, 5.74) is 9.03. The number of anilines is 3. The van der Waals surface area contributed by atoms with Crippen LogP contribution in [0.3, 0.4) is 0 Å². The first-order valence-electron chi connectivity index (χ1n) is 5.14. The van der Waals surface area contributed by atoms with Gasteiger partial charge in [-0.05, 0) is 47.7 Å². The van der Waals surface area contributed by atoms with Gasteiger partial charge in [-0.3, -0.25) is 0 Å². The van der Waals surface area contributed by atoms with Crippen LogP contribution in [0.25, 0.3) is 0 Å². The van der Waals surface area contributed by atoms with Crippen LogP contribution in [-0.2, 0) is 0 Å². The van der Waals surface area contributed by atoms with Crippen molar-refractivity contribution in [1.82, 2.24) is 0 Å². The SMILES string of the molecule is Cc1ccc(Nc2cc(F)c(I)cc2N)cc1. The molecule has 0 aliphatic carbocycles. The Morgan fingerprint density at radius 3 is 2.47 bits per heavy atom. The van der Waals surface area contributed by atoms with Crippen molar-refractivity contribution in [1.29, 1.82) is 0 Å². The van der Waals surface area contributed by atoms with E-state index in [1.165, 1.54) is 11.6 Å². The maximum absolute atomic E-state index is 13.4. The highest BCUT2D eigenvalue weighted by atomic mass is 127. The molecule has 0 fully saturated rings. The Balaban J connectivity index is 2.30. The summed E-state index contributed by atoms with van der Waals surface area (Å²) in [6.07, 6.45) is 0. The number of nitrogen functional groups attached to an aromatic ring is 1. The predicted molar refractivity (Wildman–Crippen MR) is 78.0 cm³/mol. The Labute approximate surface area is 113 Å². The topological polar surface area (TPSA) is 38.0 Å². The molecule has 0 aromatic heterocycles. The first kappa shape index (κ1) is 12.2. The van der Waals surface area contributed by atoms with Gasteiger partial charge in [-0.2, -0.15) is 0 Å². The summed E-state index contributed by atoms with van der Waals surface area (Å²) in [5.74, 6) is -0.269. The molecule has 2 nitrogen and oxygen atoms in total. The zero-order valence-electron chi connectivity index (χ0n) is 9.30. The van der Waals surface area contributed by atoms with Crippen molar-refractivity contribution in [2.75, 3.05) is 11.1 Å². The smallest absolute Gasteiger partial charge is 0.138 e. The van der Waals surface area contributed by atoms with Gasteiger partial charge in [0, 0.05) is 11.8 Å². The van der Waals surface area contributed by atoms with Gasteiger partial charge in [-0.1, -0.05) is 17.7 Å². The van der Waals surface area contributed by atoms with Gasteiger partial charge in [0.15, 0.2) is 0 Å².